The molecule has 1 N–H and O–H groups in total. The summed E-state index contributed by atoms with van der Waals surface area (Å²) in [6.45, 7) is 4.48. The van der Waals surface area contributed by atoms with E-state index in [1.165, 1.54) is 56.5 Å². The monoisotopic (exact) mass is 295 g/mol. The summed E-state index contributed by atoms with van der Waals surface area (Å²) in [6, 6.07) is 0.842. The Morgan fingerprint density at radius 2 is 2.10 bits per heavy atom. The molecule has 20 heavy (non-hydrogen) atoms. The molecule has 3 heteroatoms. The second-order valence-corrected chi connectivity index (χ2v) is 8.02. The van der Waals surface area contributed by atoms with Gasteiger partial charge >= 0.3 is 0 Å². The molecule has 3 fully saturated rings. The van der Waals surface area contributed by atoms with Crippen molar-refractivity contribution in [3.8, 4) is 0 Å². The highest BCUT2D eigenvalue weighted by atomic mass is 32.2. The van der Waals surface area contributed by atoms with Gasteiger partial charge in [0.15, 0.2) is 0 Å². The van der Waals surface area contributed by atoms with Crippen molar-refractivity contribution in [2.75, 3.05) is 24.7 Å². The molecular weight excluding hydrogens is 266 g/mol. The fourth-order valence-corrected chi connectivity index (χ4v) is 4.79. The lowest BCUT2D eigenvalue weighted by Crippen LogP contribution is -2.43. The second kappa shape index (κ2) is 6.85. The number of nitrogens with one attached hydrogen (secondary N) is 1. The van der Waals surface area contributed by atoms with E-state index < -0.39 is 0 Å². The van der Waals surface area contributed by atoms with Crippen molar-refractivity contribution in [3.05, 3.63) is 11.6 Å². The second-order valence-electron chi connectivity index (χ2n) is 6.80. The highest BCUT2D eigenvalue weighted by Crippen LogP contribution is 2.41. The summed E-state index contributed by atoms with van der Waals surface area (Å²) in [5.41, 5.74) is 1.85. The van der Waals surface area contributed by atoms with E-state index in [2.05, 4.69) is 30.1 Å². The minimum Gasteiger partial charge on any atom is -0.375 e. The third-order valence-electron chi connectivity index (χ3n) is 5.16. The van der Waals surface area contributed by atoms with E-state index in [0.717, 1.165) is 25.1 Å². The van der Waals surface area contributed by atoms with Crippen LogP contribution in [0.15, 0.2) is 11.6 Å². The van der Waals surface area contributed by atoms with Gasteiger partial charge in [-0.3, -0.25) is 0 Å². The topological polar surface area (TPSA) is 21.3 Å². The molecule has 0 amide bonds. The number of allylic oxidation sites excluding steroid dienone is 1. The van der Waals surface area contributed by atoms with Gasteiger partial charge in [-0.2, -0.15) is 11.8 Å². The third kappa shape index (κ3) is 4.02. The normalized spacial score (nSPS) is 30.6. The first-order valence-electron chi connectivity index (χ1n) is 8.39. The zero-order chi connectivity index (χ0) is 13.8. The molecule has 0 aromatic heterocycles. The molecular formula is C17H29NOS. The highest BCUT2D eigenvalue weighted by Gasteiger charge is 2.38. The predicted molar refractivity (Wildman–Crippen MR) is 87.4 cm³/mol. The first-order chi connectivity index (χ1) is 9.77. The van der Waals surface area contributed by atoms with Gasteiger partial charge in [-0.1, -0.05) is 11.6 Å². The van der Waals surface area contributed by atoms with Crippen LogP contribution < -0.4 is 5.32 Å². The van der Waals surface area contributed by atoms with E-state index in [1.54, 1.807) is 5.57 Å². The van der Waals surface area contributed by atoms with Crippen molar-refractivity contribution in [1.29, 1.82) is 0 Å². The molecule has 0 aromatic carbocycles. The Hall–Kier alpha value is 0.0100. The molecule has 2 saturated heterocycles. The summed E-state index contributed by atoms with van der Waals surface area (Å²) < 4.78 is 6.20. The van der Waals surface area contributed by atoms with Crippen LogP contribution in [0.5, 0.6) is 0 Å². The molecule has 1 unspecified atom stereocenters. The van der Waals surface area contributed by atoms with E-state index in [9.17, 15) is 0 Å². The summed E-state index contributed by atoms with van der Waals surface area (Å²) in [7, 11) is 0. The summed E-state index contributed by atoms with van der Waals surface area (Å²) in [6.07, 6.45) is 11.5. The van der Waals surface area contributed by atoms with Crippen LogP contribution in [0, 0.1) is 5.92 Å². The number of rotatable bonds is 5. The average Bonchev–Trinajstić information content (AvgIpc) is 3.28. The van der Waals surface area contributed by atoms with Crippen LogP contribution in [-0.2, 0) is 4.74 Å². The Balaban J connectivity index is 1.48. The Kier molecular flexibility index (Phi) is 5.11. The third-order valence-corrected chi connectivity index (χ3v) is 6.15. The molecule has 1 spiro atoms. The number of ether oxygens (including phenoxy) is 1. The predicted octanol–water partition coefficient (Wildman–Crippen LogP) is 3.77. The van der Waals surface area contributed by atoms with E-state index in [4.69, 9.17) is 4.74 Å². The van der Waals surface area contributed by atoms with Crippen molar-refractivity contribution in [2.24, 2.45) is 5.92 Å². The Bertz CT molecular complexity index is 339. The summed E-state index contributed by atoms with van der Waals surface area (Å²) in [4.78, 5) is 0. The molecule has 0 bridgehead atoms. The molecule has 0 radical (unpaired) electrons. The molecule has 3 aliphatic rings. The Morgan fingerprint density at radius 3 is 2.85 bits per heavy atom. The van der Waals surface area contributed by atoms with Crippen LogP contribution >= 0.6 is 11.8 Å². The van der Waals surface area contributed by atoms with Crippen molar-refractivity contribution >= 4 is 11.8 Å². The van der Waals surface area contributed by atoms with E-state index >= 15 is 0 Å². The smallest absolute Gasteiger partial charge is 0.0704 e. The van der Waals surface area contributed by atoms with E-state index in [-0.39, 0.29) is 5.60 Å². The van der Waals surface area contributed by atoms with E-state index in [0.29, 0.717) is 0 Å². The number of hydrogen-bond acceptors (Lipinski definition) is 3. The lowest BCUT2D eigenvalue weighted by atomic mass is 9.79. The maximum atomic E-state index is 6.20. The van der Waals surface area contributed by atoms with Gasteiger partial charge in [0.1, 0.15) is 0 Å². The van der Waals surface area contributed by atoms with Gasteiger partial charge in [0.25, 0.3) is 0 Å². The maximum Gasteiger partial charge on any atom is 0.0704 e. The summed E-state index contributed by atoms with van der Waals surface area (Å²) in [5, 5.41) is 3.60. The van der Waals surface area contributed by atoms with Gasteiger partial charge in [0.2, 0.25) is 0 Å². The van der Waals surface area contributed by atoms with Crippen molar-refractivity contribution in [3.63, 3.8) is 0 Å². The molecule has 1 atom stereocenters. The van der Waals surface area contributed by atoms with Crippen LogP contribution in [0.25, 0.3) is 0 Å². The van der Waals surface area contributed by atoms with E-state index in [1.807, 2.05) is 0 Å². The van der Waals surface area contributed by atoms with Crippen molar-refractivity contribution < 1.29 is 4.74 Å². The minimum atomic E-state index is 0.232. The fourth-order valence-electron chi connectivity index (χ4n) is 3.55. The quantitative estimate of drug-likeness (QED) is 0.616. The largest absolute Gasteiger partial charge is 0.375 e. The summed E-state index contributed by atoms with van der Waals surface area (Å²) in [5.74, 6) is 3.36. The molecule has 1 saturated carbocycles. The maximum absolute atomic E-state index is 6.20. The van der Waals surface area contributed by atoms with Crippen molar-refractivity contribution in [2.45, 2.75) is 63.5 Å². The standard InChI is InChI=1S/C17H29NOS/c1-14(3-2-9-18-16-4-5-16)15-6-10-19-17(13-15)7-11-20-12-8-17/h3,15-16,18H,2,4-13H2,1H3. The Morgan fingerprint density at radius 1 is 1.30 bits per heavy atom. The van der Waals surface area contributed by atoms with Crippen molar-refractivity contribution in [1.82, 2.24) is 5.32 Å². The lowest BCUT2D eigenvalue weighted by molar-refractivity contribution is -0.0965. The Labute approximate surface area is 128 Å². The fraction of sp³-hybridized carbons (Fsp3) is 0.882. The highest BCUT2D eigenvalue weighted by molar-refractivity contribution is 7.99. The van der Waals surface area contributed by atoms with Gasteiger partial charge in [-0.15, -0.1) is 0 Å². The molecule has 3 rings (SSSR count). The number of thioether (sulfide) groups is 1. The molecule has 1 aliphatic carbocycles. The van der Waals surface area contributed by atoms with Crippen LogP contribution in [0.3, 0.4) is 0 Å². The van der Waals surface area contributed by atoms with Gasteiger partial charge in [-0.05, 0) is 75.8 Å². The first kappa shape index (κ1) is 14.9. The van der Waals surface area contributed by atoms with Gasteiger partial charge < -0.3 is 10.1 Å². The summed E-state index contributed by atoms with van der Waals surface area (Å²) >= 11 is 2.09. The average molecular weight is 295 g/mol. The SMILES string of the molecule is CC(=CCCNC1CC1)C1CCOC2(CCSCC2)C1. The first-order valence-corrected chi connectivity index (χ1v) is 9.55. The lowest BCUT2D eigenvalue weighted by Gasteiger charge is -2.43. The number of hydrogen-bond donors (Lipinski definition) is 1. The molecule has 2 nitrogen and oxygen atoms in total. The van der Waals surface area contributed by atoms with Crippen LogP contribution in [0.4, 0.5) is 0 Å². The zero-order valence-corrected chi connectivity index (χ0v) is 13.6. The van der Waals surface area contributed by atoms with Gasteiger partial charge in [0, 0.05) is 12.6 Å². The van der Waals surface area contributed by atoms with Gasteiger partial charge in [-0.25, -0.2) is 0 Å². The van der Waals surface area contributed by atoms with Crippen LogP contribution in [0.2, 0.25) is 0 Å². The molecule has 0 aromatic rings. The van der Waals surface area contributed by atoms with Crippen LogP contribution in [-0.4, -0.2) is 36.3 Å². The zero-order valence-electron chi connectivity index (χ0n) is 12.8. The molecule has 2 heterocycles. The minimum absolute atomic E-state index is 0.232. The molecule has 2 aliphatic heterocycles. The van der Waals surface area contributed by atoms with Crippen LogP contribution in [0.1, 0.15) is 51.9 Å². The van der Waals surface area contributed by atoms with Gasteiger partial charge in [0.05, 0.1) is 5.60 Å². The molecule has 114 valence electrons.